The Hall–Kier alpha value is -3.27. The molecule has 2 aromatic heterocycles. The predicted octanol–water partition coefficient (Wildman–Crippen LogP) is 6.28. The van der Waals surface area contributed by atoms with Crippen molar-refractivity contribution in [3.63, 3.8) is 0 Å². The Labute approximate surface area is 188 Å². The zero-order valence-corrected chi connectivity index (χ0v) is 17.7. The van der Waals surface area contributed by atoms with E-state index in [-0.39, 0.29) is 11.6 Å². The number of nitrogens with zero attached hydrogens (tertiary/aromatic N) is 4. The Morgan fingerprint density at radius 2 is 1.87 bits per heavy atom. The van der Waals surface area contributed by atoms with Gasteiger partial charge >= 0.3 is 5.88 Å². The summed E-state index contributed by atoms with van der Waals surface area (Å²) in [5.74, 6) is -0.565. The van der Waals surface area contributed by atoms with Crippen LogP contribution in [-0.4, -0.2) is 15.8 Å². The lowest BCUT2D eigenvalue weighted by Crippen LogP contribution is -2.11. The van der Waals surface area contributed by atoms with Crippen LogP contribution in [0.1, 0.15) is 5.76 Å². The molecule has 0 radical (unpaired) electrons. The van der Waals surface area contributed by atoms with Crippen LogP contribution >= 0.6 is 34.5 Å². The van der Waals surface area contributed by atoms with E-state index in [0.717, 1.165) is 0 Å². The van der Waals surface area contributed by atoms with Gasteiger partial charge in [0.05, 0.1) is 33.7 Å². The van der Waals surface area contributed by atoms with Crippen molar-refractivity contribution in [1.82, 2.24) is 4.68 Å². The van der Waals surface area contributed by atoms with Crippen LogP contribution in [0.15, 0.2) is 74.5 Å². The van der Waals surface area contributed by atoms with Crippen LogP contribution in [0.25, 0.3) is 11.3 Å². The number of thiazole rings is 1. The highest BCUT2D eigenvalue weighted by Gasteiger charge is 2.12. The summed E-state index contributed by atoms with van der Waals surface area (Å²) >= 11 is 13.3. The van der Waals surface area contributed by atoms with Crippen molar-refractivity contribution in [2.24, 2.45) is 10.1 Å². The minimum atomic E-state index is -0.635. The van der Waals surface area contributed by atoms with E-state index in [1.807, 2.05) is 5.38 Å². The minimum absolute atomic E-state index is 0.191. The molecule has 0 fully saturated rings. The van der Waals surface area contributed by atoms with E-state index in [1.54, 1.807) is 30.3 Å². The molecule has 0 aliphatic rings. The van der Waals surface area contributed by atoms with E-state index in [4.69, 9.17) is 27.6 Å². The zero-order valence-electron chi connectivity index (χ0n) is 15.4. The normalized spacial score (nSPS) is 12.0. The van der Waals surface area contributed by atoms with Gasteiger partial charge in [-0.15, -0.1) is 11.3 Å². The standard InChI is InChI=1S/C20H11Cl2FN4O3S/c21-16-7-5-14(9-17(16)22)25-20-26(24-10-15-6-8-19(30-15)27(28)29)18(11-31-20)12-1-3-13(23)4-2-12/h1-11H. The average Bonchev–Trinajstić information content (AvgIpc) is 3.37. The van der Waals surface area contributed by atoms with Crippen LogP contribution in [0.3, 0.4) is 0 Å². The van der Waals surface area contributed by atoms with Crippen molar-refractivity contribution in [3.05, 3.63) is 96.5 Å². The van der Waals surface area contributed by atoms with E-state index in [2.05, 4.69) is 10.1 Å². The van der Waals surface area contributed by atoms with Crippen molar-refractivity contribution < 1.29 is 13.7 Å². The third-order valence-corrected chi connectivity index (χ3v) is 5.60. The Kier molecular flexibility index (Phi) is 5.99. The maximum Gasteiger partial charge on any atom is 0.433 e. The number of hydrogen-bond acceptors (Lipinski definition) is 6. The second kappa shape index (κ2) is 8.84. The monoisotopic (exact) mass is 476 g/mol. The van der Waals surface area contributed by atoms with Gasteiger partial charge in [0.1, 0.15) is 10.7 Å². The van der Waals surface area contributed by atoms with Crippen molar-refractivity contribution in [2.45, 2.75) is 0 Å². The average molecular weight is 477 g/mol. The lowest BCUT2D eigenvalue weighted by Gasteiger charge is -2.03. The van der Waals surface area contributed by atoms with Gasteiger partial charge in [-0.05, 0) is 48.5 Å². The molecule has 7 nitrogen and oxygen atoms in total. The highest BCUT2D eigenvalue weighted by Crippen LogP contribution is 2.27. The second-order valence-corrected chi connectivity index (χ2v) is 7.76. The van der Waals surface area contributed by atoms with E-state index >= 15 is 0 Å². The maximum atomic E-state index is 13.4. The predicted molar refractivity (Wildman–Crippen MR) is 118 cm³/mol. The lowest BCUT2D eigenvalue weighted by atomic mass is 10.2. The van der Waals surface area contributed by atoms with Crippen molar-refractivity contribution in [1.29, 1.82) is 0 Å². The van der Waals surface area contributed by atoms with Gasteiger partial charge in [0.15, 0.2) is 5.76 Å². The summed E-state index contributed by atoms with van der Waals surface area (Å²) in [5.41, 5.74) is 1.90. The van der Waals surface area contributed by atoms with Gasteiger partial charge < -0.3 is 4.42 Å². The lowest BCUT2D eigenvalue weighted by molar-refractivity contribution is -0.402. The summed E-state index contributed by atoms with van der Waals surface area (Å²) in [6, 6.07) is 13.5. The Morgan fingerprint density at radius 1 is 1.10 bits per heavy atom. The molecule has 0 atom stereocenters. The smallest absolute Gasteiger partial charge is 0.400 e. The summed E-state index contributed by atoms with van der Waals surface area (Å²) in [6.07, 6.45) is 1.33. The number of furan rings is 1. The minimum Gasteiger partial charge on any atom is -0.400 e. The maximum absolute atomic E-state index is 13.4. The third kappa shape index (κ3) is 4.74. The Balaban J connectivity index is 1.82. The van der Waals surface area contributed by atoms with Gasteiger partial charge in [-0.1, -0.05) is 23.2 Å². The van der Waals surface area contributed by atoms with Gasteiger partial charge in [-0.25, -0.2) is 14.1 Å². The number of nitro groups is 1. The van der Waals surface area contributed by atoms with Crippen LogP contribution < -0.4 is 4.80 Å². The van der Waals surface area contributed by atoms with Crippen LogP contribution in [-0.2, 0) is 0 Å². The second-order valence-electron chi connectivity index (χ2n) is 6.11. The highest BCUT2D eigenvalue weighted by atomic mass is 35.5. The molecule has 156 valence electrons. The third-order valence-electron chi connectivity index (χ3n) is 4.05. The molecular weight excluding hydrogens is 466 g/mol. The summed E-state index contributed by atoms with van der Waals surface area (Å²) in [5, 5.41) is 17.8. The van der Waals surface area contributed by atoms with Gasteiger partial charge in [-0.3, -0.25) is 10.1 Å². The summed E-state index contributed by atoms with van der Waals surface area (Å²) in [4.78, 5) is 15.2. The van der Waals surface area contributed by atoms with Crippen molar-refractivity contribution >= 4 is 52.3 Å². The van der Waals surface area contributed by atoms with E-state index < -0.39 is 10.8 Å². The number of rotatable bonds is 5. The summed E-state index contributed by atoms with van der Waals surface area (Å²) in [6.45, 7) is 0. The molecule has 0 aliphatic carbocycles. The van der Waals surface area contributed by atoms with Gasteiger partial charge in [-0.2, -0.15) is 5.10 Å². The molecule has 4 aromatic rings. The summed E-state index contributed by atoms with van der Waals surface area (Å²) in [7, 11) is 0. The zero-order chi connectivity index (χ0) is 22.0. The molecule has 0 saturated carbocycles. The van der Waals surface area contributed by atoms with Gasteiger partial charge in [0.25, 0.3) is 0 Å². The molecule has 0 saturated heterocycles. The largest absolute Gasteiger partial charge is 0.433 e. The fraction of sp³-hybridized carbons (Fsp3) is 0. The van der Waals surface area contributed by atoms with Crippen LogP contribution in [0, 0.1) is 15.9 Å². The molecule has 31 heavy (non-hydrogen) atoms. The van der Waals surface area contributed by atoms with Crippen LogP contribution in [0.2, 0.25) is 10.0 Å². The van der Waals surface area contributed by atoms with Gasteiger partial charge in [0, 0.05) is 10.9 Å². The molecule has 2 aromatic carbocycles. The van der Waals surface area contributed by atoms with Crippen LogP contribution in [0.5, 0.6) is 0 Å². The van der Waals surface area contributed by atoms with Crippen molar-refractivity contribution in [2.75, 3.05) is 0 Å². The first-order chi connectivity index (χ1) is 14.9. The molecule has 0 aliphatic heterocycles. The molecular formula is C20H11Cl2FN4O3S. The molecule has 0 unspecified atom stereocenters. The molecule has 0 spiro atoms. The van der Waals surface area contributed by atoms with Crippen LogP contribution in [0.4, 0.5) is 16.0 Å². The molecule has 0 amide bonds. The van der Waals surface area contributed by atoms with E-state index in [1.165, 1.54) is 46.5 Å². The number of halogens is 3. The number of aromatic nitrogens is 1. The molecule has 2 heterocycles. The quantitative estimate of drug-likeness (QED) is 0.193. The SMILES string of the molecule is O=[N+]([O-])c1ccc(C=Nn2c(-c3ccc(F)cc3)csc2=Nc2ccc(Cl)c(Cl)c2)o1. The molecule has 11 heteroatoms. The molecule has 0 bridgehead atoms. The van der Waals surface area contributed by atoms with E-state index in [9.17, 15) is 14.5 Å². The topological polar surface area (TPSA) is 85.9 Å². The van der Waals surface area contributed by atoms with Crippen molar-refractivity contribution in [3.8, 4) is 11.3 Å². The first-order valence-corrected chi connectivity index (χ1v) is 10.3. The highest BCUT2D eigenvalue weighted by molar-refractivity contribution is 7.07. The Morgan fingerprint density at radius 3 is 2.55 bits per heavy atom. The fourth-order valence-corrected chi connectivity index (χ4v) is 3.75. The van der Waals surface area contributed by atoms with E-state index in [0.29, 0.717) is 31.8 Å². The number of benzene rings is 2. The van der Waals surface area contributed by atoms with Gasteiger partial charge in [0.2, 0.25) is 4.80 Å². The first-order valence-electron chi connectivity index (χ1n) is 8.65. The fourth-order valence-electron chi connectivity index (χ4n) is 2.60. The number of hydrogen-bond donors (Lipinski definition) is 0. The molecule has 4 rings (SSSR count). The molecule has 0 N–H and O–H groups in total. The Bertz CT molecular complexity index is 1360. The summed E-state index contributed by atoms with van der Waals surface area (Å²) < 4.78 is 20.0. The first kappa shape index (κ1) is 21.0.